The Hall–Kier alpha value is -2.63. The van der Waals surface area contributed by atoms with Crippen molar-refractivity contribution in [2.45, 2.75) is 12.8 Å². The second kappa shape index (κ2) is 6.89. The van der Waals surface area contributed by atoms with E-state index in [2.05, 4.69) is 15.3 Å². The van der Waals surface area contributed by atoms with Gasteiger partial charge in [0.1, 0.15) is 12.0 Å². The highest BCUT2D eigenvalue weighted by atomic mass is 16.5. The van der Waals surface area contributed by atoms with Gasteiger partial charge < -0.3 is 15.0 Å². The maximum Gasteiger partial charge on any atom is 0.242 e. The van der Waals surface area contributed by atoms with Gasteiger partial charge in [0.25, 0.3) is 0 Å². The van der Waals surface area contributed by atoms with Crippen LogP contribution in [0.3, 0.4) is 0 Å². The number of hydrogen-bond acceptors (Lipinski definition) is 5. The van der Waals surface area contributed by atoms with Crippen LogP contribution in [0.15, 0.2) is 36.7 Å². The first-order valence-corrected chi connectivity index (χ1v) is 6.96. The van der Waals surface area contributed by atoms with E-state index in [1.807, 2.05) is 51.4 Å². The molecule has 22 heavy (non-hydrogen) atoms. The minimum absolute atomic E-state index is 0.137. The molecule has 0 saturated heterocycles. The van der Waals surface area contributed by atoms with E-state index in [1.54, 1.807) is 4.90 Å². The molecular weight excluding hydrogens is 280 g/mol. The summed E-state index contributed by atoms with van der Waals surface area (Å²) < 4.78 is 5.23. The number of amides is 1. The number of ether oxygens (including phenoxy) is 1. The first kappa shape index (κ1) is 15.8. The summed E-state index contributed by atoms with van der Waals surface area (Å²) in [7, 11) is 5.20. The van der Waals surface area contributed by atoms with Gasteiger partial charge in [-0.2, -0.15) is 4.98 Å². The molecule has 0 spiro atoms. The zero-order valence-electron chi connectivity index (χ0n) is 13.2. The van der Waals surface area contributed by atoms with E-state index in [4.69, 9.17) is 4.74 Å². The standard InChI is InChI=1S/C16H20N4O2/c1-11(12-8-6-5-7-9-12)15(21)19-13-14(20(2)3)17-10-18-16(13)22-4/h5-11H,1-4H3,(H,19,21)/t11-/m0/s1. The second-order valence-corrected chi connectivity index (χ2v) is 5.10. The minimum Gasteiger partial charge on any atom is -0.479 e. The Bertz CT molecular complexity index is 644. The minimum atomic E-state index is -0.291. The lowest BCUT2D eigenvalue weighted by atomic mass is 10.0. The lowest BCUT2D eigenvalue weighted by molar-refractivity contribution is -0.117. The molecule has 1 atom stereocenters. The van der Waals surface area contributed by atoms with Crippen LogP contribution in [0.4, 0.5) is 11.5 Å². The molecule has 6 heteroatoms. The lowest BCUT2D eigenvalue weighted by Crippen LogP contribution is -2.22. The monoisotopic (exact) mass is 300 g/mol. The average molecular weight is 300 g/mol. The largest absolute Gasteiger partial charge is 0.479 e. The van der Waals surface area contributed by atoms with Gasteiger partial charge >= 0.3 is 0 Å². The second-order valence-electron chi connectivity index (χ2n) is 5.10. The molecule has 2 aromatic rings. The molecule has 6 nitrogen and oxygen atoms in total. The van der Waals surface area contributed by atoms with E-state index in [0.29, 0.717) is 17.4 Å². The van der Waals surface area contributed by atoms with Crippen molar-refractivity contribution in [3.05, 3.63) is 42.2 Å². The molecule has 0 radical (unpaired) electrons. The molecule has 0 aliphatic carbocycles. The van der Waals surface area contributed by atoms with E-state index in [1.165, 1.54) is 13.4 Å². The summed E-state index contributed by atoms with van der Waals surface area (Å²) in [4.78, 5) is 22.6. The van der Waals surface area contributed by atoms with Gasteiger partial charge in [-0.1, -0.05) is 30.3 Å². The van der Waals surface area contributed by atoms with Crippen LogP contribution < -0.4 is 15.0 Å². The van der Waals surface area contributed by atoms with Gasteiger partial charge in [-0.3, -0.25) is 4.79 Å². The van der Waals surface area contributed by atoms with E-state index in [9.17, 15) is 4.79 Å². The number of rotatable bonds is 5. The predicted molar refractivity (Wildman–Crippen MR) is 86.4 cm³/mol. The van der Waals surface area contributed by atoms with Gasteiger partial charge in [0.05, 0.1) is 13.0 Å². The normalized spacial score (nSPS) is 11.6. The number of carbonyl (C=O) groups is 1. The molecule has 116 valence electrons. The first-order valence-electron chi connectivity index (χ1n) is 6.96. The summed E-state index contributed by atoms with van der Waals surface area (Å²) in [6, 6.07) is 9.60. The van der Waals surface area contributed by atoms with Crippen molar-refractivity contribution in [1.29, 1.82) is 0 Å². The summed E-state index contributed by atoms with van der Waals surface area (Å²) >= 11 is 0. The average Bonchev–Trinajstić information content (AvgIpc) is 2.54. The molecule has 0 aliphatic rings. The van der Waals surface area contributed by atoms with Crippen LogP contribution in [-0.4, -0.2) is 37.1 Å². The maximum absolute atomic E-state index is 12.5. The first-order chi connectivity index (χ1) is 10.5. The van der Waals surface area contributed by atoms with Crippen LogP contribution in [0, 0.1) is 0 Å². The molecule has 1 amide bonds. The Morgan fingerprint density at radius 2 is 1.91 bits per heavy atom. The molecule has 2 rings (SSSR count). The van der Waals surface area contributed by atoms with Crippen molar-refractivity contribution in [2.24, 2.45) is 0 Å². The third-order valence-electron chi connectivity index (χ3n) is 3.35. The fourth-order valence-electron chi connectivity index (χ4n) is 2.09. The van der Waals surface area contributed by atoms with Gasteiger partial charge in [-0.15, -0.1) is 0 Å². The van der Waals surface area contributed by atoms with Crippen LogP contribution in [0.25, 0.3) is 0 Å². The quantitative estimate of drug-likeness (QED) is 0.917. The molecule has 1 heterocycles. The zero-order chi connectivity index (χ0) is 16.1. The van der Waals surface area contributed by atoms with Gasteiger partial charge in [0, 0.05) is 14.1 Å². The fraction of sp³-hybridized carbons (Fsp3) is 0.312. The van der Waals surface area contributed by atoms with Crippen LogP contribution in [-0.2, 0) is 4.79 Å². The third kappa shape index (κ3) is 3.33. The van der Waals surface area contributed by atoms with Gasteiger partial charge in [0.2, 0.25) is 11.8 Å². The fourth-order valence-corrected chi connectivity index (χ4v) is 2.09. The smallest absolute Gasteiger partial charge is 0.242 e. The number of carbonyl (C=O) groups excluding carboxylic acids is 1. The molecule has 0 bridgehead atoms. The number of hydrogen-bond donors (Lipinski definition) is 1. The zero-order valence-corrected chi connectivity index (χ0v) is 13.2. The van der Waals surface area contributed by atoms with Crippen molar-refractivity contribution in [1.82, 2.24) is 9.97 Å². The molecule has 1 aromatic carbocycles. The molecule has 0 unspecified atom stereocenters. The number of nitrogens with one attached hydrogen (secondary N) is 1. The summed E-state index contributed by atoms with van der Waals surface area (Å²) in [5, 5.41) is 2.88. The Labute approximate surface area is 130 Å². The third-order valence-corrected chi connectivity index (χ3v) is 3.35. The van der Waals surface area contributed by atoms with Gasteiger partial charge in [0.15, 0.2) is 5.82 Å². The van der Waals surface area contributed by atoms with Crippen molar-refractivity contribution >= 4 is 17.4 Å². The molecule has 1 aromatic heterocycles. The molecular formula is C16H20N4O2. The maximum atomic E-state index is 12.5. The van der Waals surface area contributed by atoms with Crippen molar-refractivity contribution in [2.75, 3.05) is 31.4 Å². The van der Waals surface area contributed by atoms with Gasteiger partial charge in [-0.25, -0.2) is 4.98 Å². The summed E-state index contributed by atoms with van der Waals surface area (Å²) in [6.07, 6.45) is 1.41. The number of anilines is 2. The Morgan fingerprint density at radius 3 is 2.50 bits per heavy atom. The van der Waals surface area contributed by atoms with E-state index < -0.39 is 0 Å². The number of nitrogens with zero attached hydrogens (tertiary/aromatic N) is 3. The SMILES string of the molecule is COc1ncnc(N(C)C)c1NC(=O)[C@@H](C)c1ccccc1. The molecule has 0 aliphatic heterocycles. The van der Waals surface area contributed by atoms with E-state index >= 15 is 0 Å². The highest BCUT2D eigenvalue weighted by Crippen LogP contribution is 2.31. The van der Waals surface area contributed by atoms with Crippen molar-refractivity contribution in [3.63, 3.8) is 0 Å². The van der Waals surface area contributed by atoms with E-state index in [-0.39, 0.29) is 11.8 Å². The Kier molecular flexibility index (Phi) is 4.93. The molecule has 0 fully saturated rings. The van der Waals surface area contributed by atoms with Crippen LogP contribution >= 0.6 is 0 Å². The number of benzene rings is 1. The topological polar surface area (TPSA) is 67.4 Å². The highest BCUT2D eigenvalue weighted by Gasteiger charge is 2.21. The summed E-state index contributed by atoms with van der Waals surface area (Å²) in [5.74, 6) is 0.510. The van der Waals surface area contributed by atoms with Crippen molar-refractivity contribution < 1.29 is 9.53 Å². The number of methoxy groups -OCH3 is 1. The van der Waals surface area contributed by atoms with Crippen molar-refractivity contribution in [3.8, 4) is 5.88 Å². The highest BCUT2D eigenvalue weighted by molar-refractivity contribution is 5.99. The van der Waals surface area contributed by atoms with Crippen LogP contribution in [0.5, 0.6) is 5.88 Å². The number of aromatic nitrogens is 2. The Balaban J connectivity index is 2.28. The Morgan fingerprint density at radius 1 is 1.23 bits per heavy atom. The van der Waals surface area contributed by atoms with Crippen LogP contribution in [0.1, 0.15) is 18.4 Å². The van der Waals surface area contributed by atoms with E-state index in [0.717, 1.165) is 5.56 Å². The van der Waals surface area contributed by atoms with Crippen LogP contribution in [0.2, 0.25) is 0 Å². The summed E-state index contributed by atoms with van der Waals surface area (Å²) in [6.45, 7) is 1.86. The summed E-state index contributed by atoms with van der Waals surface area (Å²) in [5.41, 5.74) is 1.42. The predicted octanol–water partition coefficient (Wildman–Crippen LogP) is 2.29. The van der Waals surface area contributed by atoms with Gasteiger partial charge in [-0.05, 0) is 12.5 Å². The molecule has 0 saturated carbocycles. The lowest BCUT2D eigenvalue weighted by Gasteiger charge is -2.19. The molecule has 1 N–H and O–H groups in total.